The summed E-state index contributed by atoms with van der Waals surface area (Å²) in [5.74, 6) is -2.50. The first-order valence-corrected chi connectivity index (χ1v) is 5.70. The third-order valence-corrected chi connectivity index (χ3v) is 2.89. The highest BCUT2D eigenvalue weighted by Crippen LogP contribution is 2.16. The number of ketones is 1. The zero-order chi connectivity index (χ0) is 14.0. The van der Waals surface area contributed by atoms with Gasteiger partial charge in [0.05, 0.1) is 5.56 Å². The second-order valence-corrected chi connectivity index (χ2v) is 4.29. The second-order valence-electron chi connectivity index (χ2n) is 4.29. The molecule has 2 rings (SSSR count). The van der Waals surface area contributed by atoms with Crippen molar-refractivity contribution < 1.29 is 18.0 Å². The van der Waals surface area contributed by atoms with Gasteiger partial charge in [0.25, 0.3) is 0 Å². The number of hydrogen-bond acceptors (Lipinski definition) is 1. The summed E-state index contributed by atoms with van der Waals surface area (Å²) < 4.78 is 39.5. The van der Waals surface area contributed by atoms with Gasteiger partial charge in [-0.15, -0.1) is 0 Å². The molecule has 98 valence electrons. The van der Waals surface area contributed by atoms with Crippen molar-refractivity contribution in [3.8, 4) is 0 Å². The number of hydrogen-bond donors (Lipinski definition) is 0. The maximum Gasteiger partial charge on any atom is 0.170 e. The van der Waals surface area contributed by atoms with Crippen LogP contribution in [0.15, 0.2) is 36.4 Å². The average Bonchev–Trinajstić information content (AvgIpc) is 2.36. The van der Waals surface area contributed by atoms with Crippen molar-refractivity contribution >= 4 is 5.78 Å². The molecule has 0 unspecified atom stereocenters. The molecule has 2 aromatic rings. The standard InChI is InChI=1S/C15H11F3O/c1-9-2-3-11(16)6-10(9)7-15(19)13-8-12(17)4-5-14(13)18/h2-6,8H,7H2,1H3. The SMILES string of the molecule is Cc1ccc(F)cc1CC(=O)c1cc(F)ccc1F. The molecule has 0 radical (unpaired) electrons. The maximum absolute atomic E-state index is 13.4. The Morgan fingerprint density at radius 3 is 2.37 bits per heavy atom. The van der Waals surface area contributed by atoms with E-state index in [1.165, 1.54) is 12.1 Å². The Hall–Kier alpha value is -2.10. The molecule has 4 heteroatoms. The molecule has 0 bridgehead atoms. The first kappa shape index (κ1) is 13.3. The van der Waals surface area contributed by atoms with Gasteiger partial charge in [0.15, 0.2) is 5.78 Å². The fourth-order valence-corrected chi connectivity index (χ4v) is 1.81. The van der Waals surface area contributed by atoms with Crippen LogP contribution >= 0.6 is 0 Å². The fourth-order valence-electron chi connectivity index (χ4n) is 1.81. The van der Waals surface area contributed by atoms with Crippen molar-refractivity contribution in [2.24, 2.45) is 0 Å². The quantitative estimate of drug-likeness (QED) is 0.770. The molecule has 0 amide bonds. The zero-order valence-corrected chi connectivity index (χ0v) is 10.2. The summed E-state index contributed by atoms with van der Waals surface area (Å²) >= 11 is 0. The molecule has 0 aliphatic heterocycles. The summed E-state index contributed by atoms with van der Waals surface area (Å²) in [4.78, 5) is 11.9. The van der Waals surface area contributed by atoms with E-state index in [9.17, 15) is 18.0 Å². The number of carbonyl (C=O) groups excluding carboxylic acids is 1. The van der Waals surface area contributed by atoms with Gasteiger partial charge < -0.3 is 0 Å². The lowest BCUT2D eigenvalue weighted by Crippen LogP contribution is -2.08. The van der Waals surface area contributed by atoms with Crippen LogP contribution in [0.1, 0.15) is 21.5 Å². The normalized spacial score (nSPS) is 10.5. The number of carbonyl (C=O) groups is 1. The van der Waals surface area contributed by atoms with Crippen LogP contribution in [0.3, 0.4) is 0 Å². The molecule has 1 nitrogen and oxygen atoms in total. The lowest BCUT2D eigenvalue weighted by atomic mass is 9.99. The van der Waals surface area contributed by atoms with E-state index in [1.807, 2.05) is 0 Å². The van der Waals surface area contributed by atoms with E-state index in [2.05, 4.69) is 0 Å². The number of halogens is 3. The maximum atomic E-state index is 13.4. The van der Waals surface area contributed by atoms with Crippen LogP contribution < -0.4 is 0 Å². The van der Waals surface area contributed by atoms with Crippen LogP contribution in [0.2, 0.25) is 0 Å². The van der Waals surface area contributed by atoms with Crippen molar-refractivity contribution in [3.63, 3.8) is 0 Å². The van der Waals surface area contributed by atoms with Crippen LogP contribution in [0, 0.1) is 24.4 Å². The van der Waals surface area contributed by atoms with Gasteiger partial charge in [-0.3, -0.25) is 4.79 Å². The molecule has 2 aromatic carbocycles. The first-order valence-electron chi connectivity index (χ1n) is 5.70. The molecule has 0 saturated carbocycles. The van der Waals surface area contributed by atoms with Crippen LogP contribution in [0.25, 0.3) is 0 Å². The molecule has 0 heterocycles. The molecule has 0 aliphatic carbocycles. The van der Waals surface area contributed by atoms with Gasteiger partial charge in [-0.1, -0.05) is 6.07 Å². The largest absolute Gasteiger partial charge is 0.294 e. The van der Waals surface area contributed by atoms with E-state index >= 15 is 0 Å². The van der Waals surface area contributed by atoms with E-state index in [0.717, 1.165) is 23.8 Å². The van der Waals surface area contributed by atoms with E-state index in [1.54, 1.807) is 13.0 Å². The van der Waals surface area contributed by atoms with Crippen molar-refractivity contribution in [1.82, 2.24) is 0 Å². The van der Waals surface area contributed by atoms with Crippen molar-refractivity contribution in [3.05, 3.63) is 70.5 Å². The zero-order valence-electron chi connectivity index (χ0n) is 10.2. The number of aryl methyl sites for hydroxylation is 1. The number of benzene rings is 2. The Balaban J connectivity index is 2.30. The summed E-state index contributed by atoms with van der Waals surface area (Å²) in [6.45, 7) is 1.73. The lowest BCUT2D eigenvalue weighted by Gasteiger charge is -2.06. The Kier molecular flexibility index (Phi) is 3.69. The van der Waals surface area contributed by atoms with Gasteiger partial charge in [0.2, 0.25) is 0 Å². The van der Waals surface area contributed by atoms with E-state index < -0.39 is 23.2 Å². The Bertz CT molecular complexity index is 635. The topological polar surface area (TPSA) is 17.1 Å². The summed E-state index contributed by atoms with van der Waals surface area (Å²) in [5.41, 5.74) is 0.879. The lowest BCUT2D eigenvalue weighted by molar-refractivity contribution is 0.0988. The molecule has 0 aromatic heterocycles. The van der Waals surface area contributed by atoms with Crippen molar-refractivity contribution in [1.29, 1.82) is 0 Å². The Morgan fingerprint density at radius 2 is 1.63 bits per heavy atom. The minimum absolute atomic E-state index is 0.163. The highest BCUT2D eigenvalue weighted by atomic mass is 19.1. The predicted molar refractivity (Wildman–Crippen MR) is 65.5 cm³/mol. The first-order chi connectivity index (χ1) is 8.97. The van der Waals surface area contributed by atoms with E-state index in [-0.39, 0.29) is 12.0 Å². The minimum atomic E-state index is -0.777. The van der Waals surface area contributed by atoms with E-state index in [4.69, 9.17) is 0 Å². The van der Waals surface area contributed by atoms with Gasteiger partial charge in [-0.2, -0.15) is 0 Å². The van der Waals surface area contributed by atoms with Crippen LogP contribution in [0.5, 0.6) is 0 Å². The van der Waals surface area contributed by atoms with Crippen LogP contribution in [-0.4, -0.2) is 5.78 Å². The Labute approximate surface area is 108 Å². The fraction of sp³-hybridized carbons (Fsp3) is 0.133. The van der Waals surface area contributed by atoms with E-state index in [0.29, 0.717) is 5.56 Å². The number of Topliss-reactive ketones (excluding diaryl/α,β-unsaturated/α-hetero) is 1. The molecule has 0 saturated heterocycles. The molecular formula is C15H11F3O. The summed E-state index contributed by atoms with van der Waals surface area (Å²) in [5, 5.41) is 0. The molecule has 19 heavy (non-hydrogen) atoms. The molecule has 0 fully saturated rings. The molecular weight excluding hydrogens is 253 g/mol. The third-order valence-electron chi connectivity index (χ3n) is 2.89. The smallest absolute Gasteiger partial charge is 0.170 e. The van der Waals surface area contributed by atoms with Gasteiger partial charge in [-0.05, 0) is 48.4 Å². The second kappa shape index (κ2) is 5.26. The average molecular weight is 264 g/mol. The summed E-state index contributed by atoms with van der Waals surface area (Å²) in [6.07, 6.45) is -0.163. The summed E-state index contributed by atoms with van der Waals surface area (Å²) in [7, 11) is 0. The van der Waals surface area contributed by atoms with Gasteiger partial charge in [-0.25, -0.2) is 13.2 Å². The number of rotatable bonds is 3. The summed E-state index contributed by atoms with van der Waals surface area (Å²) in [6, 6.07) is 6.75. The monoisotopic (exact) mass is 264 g/mol. The third kappa shape index (κ3) is 3.02. The highest BCUT2D eigenvalue weighted by Gasteiger charge is 2.14. The molecule has 0 atom stereocenters. The van der Waals surface area contributed by atoms with Gasteiger partial charge in [0.1, 0.15) is 17.5 Å². The minimum Gasteiger partial charge on any atom is -0.294 e. The van der Waals surface area contributed by atoms with Crippen LogP contribution in [-0.2, 0) is 6.42 Å². The molecule has 0 aliphatic rings. The van der Waals surface area contributed by atoms with Crippen molar-refractivity contribution in [2.45, 2.75) is 13.3 Å². The molecule has 0 spiro atoms. The Morgan fingerprint density at radius 1 is 1.00 bits per heavy atom. The molecule has 0 N–H and O–H groups in total. The van der Waals surface area contributed by atoms with Gasteiger partial charge in [0, 0.05) is 6.42 Å². The predicted octanol–water partition coefficient (Wildman–Crippen LogP) is 3.84. The van der Waals surface area contributed by atoms with Crippen molar-refractivity contribution in [2.75, 3.05) is 0 Å². The highest BCUT2D eigenvalue weighted by molar-refractivity contribution is 5.97. The van der Waals surface area contributed by atoms with Crippen LogP contribution in [0.4, 0.5) is 13.2 Å². The van der Waals surface area contributed by atoms with Gasteiger partial charge >= 0.3 is 0 Å².